The van der Waals surface area contributed by atoms with Crippen LogP contribution >= 0.6 is 0 Å². The Hall–Kier alpha value is -3.27. The zero-order valence-electron chi connectivity index (χ0n) is 18.7. The van der Waals surface area contributed by atoms with E-state index in [-0.39, 0.29) is 18.6 Å². The van der Waals surface area contributed by atoms with Crippen LogP contribution < -0.4 is 15.8 Å². The van der Waals surface area contributed by atoms with Gasteiger partial charge < -0.3 is 25.9 Å². The summed E-state index contributed by atoms with van der Waals surface area (Å²) < 4.78 is 5.85. The van der Waals surface area contributed by atoms with E-state index in [9.17, 15) is 9.90 Å². The third-order valence-electron chi connectivity index (χ3n) is 5.02. The third-order valence-corrected chi connectivity index (χ3v) is 5.02. The number of nitrogens with one attached hydrogen (secondary N) is 2. The number of amides is 1. The molecule has 0 bridgehead atoms. The van der Waals surface area contributed by atoms with Crippen LogP contribution in [0.2, 0.25) is 0 Å². The Morgan fingerprint density at radius 1 is 1.25 bits per heavy atom. The van der Waals surface area contributed by atoms with E-state index in [2.05, 4.69) is 22.1 Å². The lowest BCUT2D eigenvalue weighted by Crippen LogP contribution is -2.39. The fourth-order valence-electron chi connectivity index (χ4n) is 3.49. The highest BCUT2D eigenvalue weighted by Crippen LogP contribution is 2.23. The fraction of sp³-hybridized carbons (Fsp3) is 0.346. The largest absolute Gasteiger partial charge is 0.490 e. The van der Waals surface area contributed by atoms with Crippen LogP contribution in [0.4, 0.5) is 0 Å². The predicted molar refractivity (Wildman–Crippen MR) is 128 cm³/mol. The van der Waals surface area contributed by atoms with Crippen molar-refractivity contribution in [3.63, 3.8) is 0 Å². The minimum absolute atomic E-state index is 0.0807. The van der Waals surface area contributed by atoms with Crippen molar-refractivity contribution < 1.29 is 14.6 Å². The average molecular weight is 434 g/mol. The molecule has 0 aliphatic rings. The quantitative estimate of drug-likeness (QED) is 0.307. The van der Waals surface area contributed by atoms with Crippen LogP contribution in [-0.4, -0.2) is 41.3 Å². The van der Waals surface area contributed by atoms with E-state index >= 15 is 0 Å². The first-order valence-corrected chi connectivity index (χ1v) is 11.0. The summed E-state index contributed by atoms with van der Waals surface area (Å²) in [4.78, 5) is 16.4. The lowest BCUT2D eigenvalue weighted by molar-refractivity contribution is 0.0910. The Morgan fingerprint density at radius 3 is 2.81 bits per heavy atom. The van der Waals surface area contributed by atoms with Crippen molar-refractivity contribution in [2.45, 2.75) is 45.3 Å². The number of benzene rings is 2. The van der Waals surface area contributed by atoms with E-state index in [0.717, 1.165) is 28.5 Å². The number of ether oxygens (including phenoxy) is 1. The zero-order valence-corrected chi connectivity index (χ0v) is 18.7. The van der Waals surface area contributed by atoms with Gasteiger partial charge in [-0.05, 0) is 63.1 Å². The summed E-state index contributed by atoms with van der Waals surface area (Å²) in [6, 6.07) is 12.9. The molecule has 3 aromatic rings. The maximum atomic E-state index is 13.2. The first kappa shape index (κ1) is 23.4. The molecule has 0 fully saturated rings. The number of carbonyl (C=O) groups excluding carboxylic acids is 1. The molecule has 1 aromatic heterocycles. The molecule has 6 heteroatoms. The average Bonchev–Trinajstić information content (AvgIpc) is 3.19. The van der Waals surface area contributed by atoms with Crippen LogP contribution in [-0.2, 0) is 6.42 Å². The molecule has 2 aromatic carbocycles. The van der Waals surface area contributed by atoms with Gasteiger partial charge in [0.1, 0.15) is 5.75 Å². The second-order valence-electron chi connectivity index (χ2n) is 7.99. The Labute approximate surface area is 189 Å². The number of unbranched alkanes of at least 4 members (excludes halogenated alkanes) is 1. The molecule has 3 rings (SSSR count). The minimum atomic E-state index is -0.437. The van der Waals surface area contributed by atoms with Crippen LogP contribution in [0.15, 0.2) is 48.7 Å². The molecular weight excluding hydrogens is 402 g/mol. The molecule has 1 amide bonds. The maximum Gasteiger partial charge on any atom is 0.255 e. The second-order valence-corrected chi connectivity index (χ2v) is 7.99. The molecule has 0 saturated carbocycles. The van der Waals surface area contributed by atoms with Crippen molar-refractivity contribution in [3.05, 3.63) is 65.4 Å². The molecule has 1 atom stereocenters. The molecule has 0 unspecified atom stereocenters. The van der Waals surface area contributed by atoms with Gasteiger partial charge in [-0.25, -0.2) is 0 Å². The molecule has 1 heterocycles. The fourth-order valence-corrected chi connectivity index (χ4v) is 3.49. The molecule has 168 valence electrons. The molecule has 32 heavy (non-hydrogen) atoms. The molecule has 0 aliphatic heterocycles. The summed E-state index contributed by atoms with van der Waals surface area (Å²) in [6.07, 6.45) is 3.89. The summed E-state index contributed by atoms with van der Waals surface area (Å²) in [5, 5.41) is 14.0. The molecule has 0 spiro atoms. The van der Waals surface area contributed by atoms with E-state index < -0.39 is 6.04 Å². The maximum absolute atomic E-state index is 13.2. The van der Waals surface area contributed by atoms with E-state index in [4.69, 9.17) is 10.5 Å². The number of carbonyl (C=O) groups is 1. The second kappa shape index (κ2) is 11.4. The molecular formula is C26H31N3O3. The zero-order chi connectivity index (χ0) is 22.9. The van der Waals surface area contributed by atoms with E-state index in [1.165, 1.54) is 0 Å². The summed E-state index contributed by atoms with van der Waals surface area (Å²) in [7, 11) is 0. The highest BCUT2D eigenvalue weighted by molar-refractivity contribution is 5.97. The number of hydrogen-bond donors (Lipinski definition) is 4. The summed E-state index contributed by atoms with van der Waals surface area (Å²) in [5.41, 5.74) is 8.72. The van der Waals surface area contributed by atoms with Crippen molar-refractivity contribution >= 4 is 16.8 Å². The molecule has 0 radical (unpaired) electrons. The molecule has 6 nitrogen and oxygen atoms in total. The van der Waals surface area contributed by atoms with Gasteiger partial charge in [-0.3, -0.25) is 4.79 Å². The molecule has 5 N–H and O–H groups in total. The lowest BCUT2D eigenvalue weighted by atomic mass is 10.0. The van der Waals surface area contributed by atoms with Crippen molar-refractivity contribution in [1.29, 1.82) is 0 Å². The third kappa shape index (κ3) is 6.13. The van der Waals surface area contributed by atoms with E-state index in [1.807, 2.05) is 50.4 Å². The number of hydrogen-bond acceptors (Lipinski definition) is 4. The predicted octanol–water partition coefficient (Wildman–Crippen LogP) is 3.38. The number of aliphatic hydroxyl groups excluding tert-OH is 1. The Morgan fingerprint density at radius 2 is 2.06 bits per heavy atom. The van der Waals surface area contributed by atoms with Crippen molar-refractivity contribution in [3.8, 4) is 17.6 Å². The highest BCUT2D eigenvalue weighted by Gasteiger charge is 2.19. The number of rotatable bonds is 9. The van der Waals surface area contributed by atoms with Gasteiger partial charge in [0, 0.05) is 29.1 Å². The van der Waals surface area contributed by atoms with Crippen LogP contribution in [0, 0.1) is 11.8 Å². The standard InChI is InChI=1S/C26H31N3O3/c1-18(2)32-25-12-11-19(8-4-3-7-13-27)14-23(25)26(31)29-21(17-30)15-20-16-28-24-10-6-5-9-22(20)24/h5-6,9-12,14,16,18,21,28,30H,3,7,13,15,17,27H2,1-2H3,(H,29,31)/t21-/m1/s1. The number of aromatic amines is 1. The van der Waals surface area contributed by atoms with Gasteiger partial charge in [0.2, 0.25) is 0 Å². The Kier molecular flexibility index (Phi) is 8.32. The van der Waals surface area contributed by atoms with Gasteiger partial charge in [-0.2, -0.15) is 0 Å². The number of aliphatic hydroxyl groups is 1. The van der Waals surface area contributed by atoms with Crippen LogP contribution in [0.1, 0.15) is 48.2 Å². The minimum Gasteiger partial charge on any atom is -0.490 e. The van der Waals surface area contributed by atoms with Gasteiger partial charge in [-0.1, -0.05) is 30.0 Å². The monoisotopic (exact) mass is 433 g/mol. The molecule has 0 aliphatic carbocycles. The number of para-hydroxylation sites is 1. The number of fused-ring (bicyclic) bond motifs is 1. The van der Waals surface area contributed by atoms with Crippen LogP contribution in [0.5, 0.6) is 5.75 Å². The number of H-pyrrole nitrogens is 1. The van der Waals surface area contributed by atoms with Gasteiger partial charge in [0.25, 0.3) is 5.91 Å². The smallest absolute Gasteiger partial charge is 0.255 e. The van der Waals surface area contributed by atoms with Gasteiger partial charge in [0.05, 0.1) is 24.3 Å². The Bertz CT molecular complexity index is 1110. The summed E-state index contributed by atoms with van der Waals surface area (Å²) in [5.74, 6) is 6.36. The van der Waals surface area contributed by atoms with Crippen LogP contribution in [0.3, 0.4) is 0 Å². The van der Waals surface area contributed by atoms with E-state index in [1.54, 1.807) is 12.1 Å². The van der Waals surface area contributed by atoms with Gasteiger partial charge in [0.15, 0.2) is 0 Å². The summed E-state index contributed by atoms with van der Waals surface area (Å²) in [6.45, 7) is 4.25. The van der Waals surface area contributed by atoms with Crippen molar-refractivity contribution in [2.75, 3.05) is 13.2 Å². The van der Waals surface area contributed by atoms with Gasteiger partial charge >= 0.3 is 0 Å². The van der Waals surface area contributed by atoms with Crippen molar-refractivity contribution in [1.82, 2.24) is 10.3 Å². The number of aromatic nitrogens is 1. The molecule has 0 saturated heterocycles. The Balaban J connectivity index is 1.80. The van der Waals surface area contributed by atoms with E-state index in [0.29, 0.717) is 30.7 Å². The SMILES string of the molecule is CC(C)Oc1ccc(C#CCCCN)cc1C(=O)N[C@@H](CO)Cc1c[nH]c2ccccc12. The summed E-state index contributed by atoms with van der Waals surface area (Å²) >= 11 is 0. The number of nitrogens with two attached hydrogens (primary N) is 1. The van der Waals surface area contributed by atoms with Crippen molar-refractivity contribution in [2.24, 2.45) is 5.73 Å². The van der Waals surface area contributed by atoms with Crippen LogP contribution in [0.25, 0.3) is 10.9 Å². The first-order chi connectivity index (χ1) is 15.5. The van der Waals surface area contributed by atoms with Gasteiger partial charge in [-0.15, -0.1) is 0 Å². The highest BCUT2D eigenvalue weighted by atomic mass is 16.5. The topological polar surface area (TPSA) is 100 Å². The first-order valence-electron chi connectivity index (χ1n) is 11.0. The normalized spacial score (nSPS) is 11.8. The lowest BCUT2D eigenvalue weighted by Gasteiger charge is -2.19.